The molecule has 1 aliphatic rings. The number of aryl methyl sites for hydroxylation is 1. The van der Waals surface area contributed by atoms with Crippen LogP contribution in [0, 0.1) is 6.92 Å². The van der Waals surface area contributed by atoms with Crippen LogP contribution in [-0.2, 0) is 16.6 Å². The third-order valence-corrected chi connectivity index (χ3v) is 7.90. The molecule has 0 bridgehead atoms. The van der Waals surface area contributed by atoms with Crippen molar-refractivity contribution in [3.8, 4) is 11.5 Å². The maximum absolute atomic E-state index is 13.3. The second kappa shape index (κ2) is 10.4. The minimum atomic E-state index is -3.62. The van der Waals surface area contributed by atoms with E-state index in [9.17, 15) is 13.2 Å². The summed E-state index contributed by atoms with van der Waals surface area (Å²) in [6.45, 7) is 5.58. The van der Waals surface area contributed by atoms with E-state index in [0.717, 1.165) is 24.8 Å². The molecule has 1 aliphatic heterocycles. The fourth-order valence-corrected chi connectivity index (χ4v) is 5.73. The minimum Gasteiger partial charge on any atom is -0.493 e. The highest BCUT2D eigenvalue weighted by atomic mass is 32.2. The second-order valence-corrected chi connectivity index (χ2v) is 9.86. The lowest BCUT2D eigenvalue weighted by Gasteiger charge is -2.27. The lowest BCUT2D eigenvalue weighted by molar-refractivity contribution is 0.0752. The van der Waals surface area contributed by atoms with Gasteiger partial charge in [-0.3, -0.25) is 4.79 Å². The normalized spacial score (nSPS) is 14.8. The van der Waals surface area contributed by atoms with E-state index in [1.165, 1.54) is 10.4 Å². The van der Waals surface area contributed by atoms with E-state index in [2.05, 4.69) is 0 Å². The van der Waals surface area contributed by atoms with Crippen molar-refractivity contribution >= 4 is 15.9 Å². The van der Waals surface area contributed by atoms with Crippen molar-refractivity contribution in [2.75, 3.05) is 33.9 Å². The molecule has 0 aliphatic carbocycles. The van der Waals surface area contributed by atoms with E-state index >= 15 is 0 Å². The molecule has 2 aromatic rings. The number of benzene rings is 2. The van der Waals surface area contributed by atoms with Gasteiger partial charge in [0.15, 0.2) is 11.5 Å². The van der Waals surface area contributed by atoms with Crippen LogP contribution in [0.5, 0.6) is 11.5 Å². The van der Waals surface area contributed by atoms with E-state index in [4.69, 9.17) is 9.47 Å². The van der Waals surface area contributed by atoms with Crippen molar-refractivity contribution in [1.82, 2.24) is 9.21 Å². The van der Waals surface area contributed by atoms with Gasteiger partial charge in [0.1, 0.15) is 0 Å². The summed E-state index contributed by atoms with van der Waals surface area (Å²) in [6.07, 6.45) is 2.78. The van der Waals surface area contributed by atoms with Gasteiger partial charge in [0.05, 0.1) is 19.1 Å². The molecule has 1 heterocycles. The third kappa shape index (κ3) is 5.07. The molecule has 0 spiro atoms. The first kappa shape index (κ1) is 24.1. The molecule has 1 fully saturated rings. The number of carbonyl (C=O) groups excluding carboxylic acids is 1. The first-order chi connectivity index (χ1) is 15.3. The summed E-state index contributed by atoms with van der Waals surface area (Å²) in [5, 5.41) is 0. The zero-order valence-corrected chi connectivity index (χ0v) is 20.1. The molecule has 0 radical (unpaired) electrons. The standard InChI is InChI=1S/C24H32N2O5S/c1-5-25(17-19-10-12-21(30-3)22(15-19)31-4)24(27)20-11-9-18(2)23(16-20)32(28,29)26-13-7-6-8-14-26/h9-12,15-16H,5-8,13-14,17H2,1-4H3. The molecule has 0 atom stereocenters. The highest BCUT2D eigenvalue weighted by Gasteiger charge is 2.28. The summed E-state index contributed by atoms with van der Waals surface area (Å²) in [5.74, 6) is 1.01. The molecule has 8 heteroatoms. The summed E-state index contributed by atoms with van der Waals surface area (Å²) in [7, 11) is -0.478. The van der Waals surface area contributed by atoms with Crippen molar-refractivity contribution in [3.05, 3.63) is 53.1 Å². The zero-order valence-electron chi connectivity index (χ0n) is 19.3. The van der Waals surface area contributed by atoms with Gasteiger partial charge in [-0.15, -0.1) is 0 Å². The number of sulfonamides is 1. The second-order valence-electron chi connectivity index (χ2n) is 7.95. The van der Waals surface area contributed by atoms with Crippen LogP contribution in [0.4, 0.5) is 0 Å². The Bertz CT molecular complexity index is 1060. The fraction of sp³-hybridized carbons (Fsp3) is 0.458. The van der Waals surface area contributed by atoms with Gasteiger partial charge >= 0.3 is 0 Å². The maximum atomic E-state index is 13.3. The molecule has 3 rings (SSSR count). The molecular formula is C24H32N2O5S. The number of carbonyl (C=O) groups is 1. The Morgan fingerprint density at radius 3 is 2.31 bits per heavy atom. The molecule has 1 saturated heterocycles. The highest BCUT2D eigenvalue weighted by molar-refractivity contribution is 7.89. The summed E-state index contributed by atoms with van der Waals surface area (Å²) < 4.78 is 38.6. The summed E-state index contributed by atoms with van der Waals surface area (Å²) in [6, 6.07) is 10.5. The van der Waals surface area contributed by atoms with E-state index in [1.807, 2.05) is 25.1 Å². The number of hydrogen-bond donors (Lipinski definition) is 0. The van der Waals surface area contributed by atoms with E-state index in [-0.39, 0.29) is 10.8 Å². The van der Waals surface area contributed by atoms with Crippen LogP contribution in [0.25, 0.3) is 0 Å². The lowest BCUT2D eigenvalue weighted by atomic mass is 10.1. The van der Waals surface area contributed by atoms with Crippen LogP contribution in [0.15, 0.2) is 41.3 Å². The van der Waals surface area contributed by atoms with Crippen molar-refractivity contribution in [2.45, 2.75) is 44.6 Å². The van der Waals surface area contributed by atoms with E-state index in [0.29, 0.717) is 48.8 Å². The van der Waals surface area contributed by atoms with Crippen LogP contribution in [0.1, 0.15) is 47.7 Å². The van der Waals surface area contributed by atoms with Crippen molar-refractivity contribution in [3.63, 3.8) is 0 Å². The first-order valence-corrected chi connectivity index (χ1v) is 12.4. The predicted octanol–water partition coefficient (Wildman–Crippen LogP) is 3.85. The molecule has 0 N–H and O–H groups in total. The van der Waals surface area contributed by atoms with Crippen LogP contribution in [0.2, 0.25) is 0 Å². The molecule has 0 saturated carbocycles. The van der Waals surface area contributed by atoms with E-state index < -0.39 is 10.0 Å². The number of nitrogens with zero attached hydrogens (tertiary/aromatic N) is 2. The van der Waals surface area contributed by atoms with E-state index in [1.54, 1.807) is 38.2 Å². The Morgan fingerprint density at radius 1 is 1.00 bits per heavy atom. The largest absolute Gasteiger partial charge is 0.493 e. The average Bonchev–Trinajstić information content (AvgIpc) is 2.82. The third-order valence-electron chi connectivity index (χ3n) is 5.86. The number of hydrogen-bond acceptors (Lipinski definition) is 5. The topological polar surface area (TPSA) is 76.1 Å². The van der Waals surface area contributed by atoms with Crippen LogP contribution in [0.3, 0.4) is 0 Å². The number of piperidine rings is 1. The molecule has 7 nitrogen and oxygen atoms in total. The van der Waals surface area contributed by atoms with Crippen LogP contribution >= 0.6 is 0 Å². The Labute approximate surface area is 191 Å². The average molecular weight is 461 g/mol. The van der Waals surface area contributed by atoms with Gasteiger partial charge in [0, 0.05) is 31.7 Å². The maximum Gasteiger partial charge on any atom is 0.254 e. The van der Waals surface area contributed by atoms with Crippen molar-refractivity contribution in [2.24, 2.45) is 0 Å². The highest BCUT2D eigenvalue weighted by Crippen LogP contribution is 2.29. The van der Waals surface area contributed by atoms with Gasteiger partial charge in [0.2, 0.25) is 10.0 Å². The molecule has 1 amide bonds. The monoisotopic (exact) mass is 460 g/mol. The number of ether oxygens (including phenoxy) is 2. The molecule has 0 aromatic heterocycles. The Balaban J connectivity index is 1.87. The number of amides is 1. The number of rotatable bonds is 8. The fourth-order valence-electron chi connectivity index (χ4n) is 3.96. The minimum absolute atomic E-state index is 0.211. The van der Waals surface area contributed by atoms with Gasteiger partial charge in [-0.1, -0.05) is 18.6 Å². The Hall–Kier alpha value is -2.58. The number of methoxy groups -OCH3 is 2. The van der Waals surface area contributed by atoms with Gasteiger partial charge in [-0.25, -0.2) is 8.42 Å². The first-order valence-electron chi connectivity index (χ1n) is 10.9. The quantitative estimate of drug-likeness (QED) is 0.598. The molecule has 0 unspecified atom stereocenters. The Kier molecular flexibility index (Phi) is 7.79. The van der Waals surface area contributed by atoms with Crippen LogP contribution < -0.4 is 9.47 Å². The van der Waals surface area contributed by atoms with Crippen molar-refractivity contribution in [1.29, 1.82) is 0 Å². The van der Waals surface area contributed by atoms with Gasteiger partial charge in [0.25, 0.3) is 5.91 Å². The molecule has 2 aromatic carbocycles. The van der Waals surface area contributed by atoms with Gasteiger partial charge in [-0.2, -0.15) is 4.31 Å². The van der Waals surface area contributed by atoms with Gasteiger partial charge in [-0.05, 0) is 62.1 Å². The molecule has 32 heavy (non-hydrogen) atoms. The zero-order chi connectivity index (χ0) is 23.3. The predicted molar refractivity (Wildman–Crippen MR) is 124 cm³/mol. The SMILES string of the molecule is CCN(Cc1ccc(OC)c(OC)c1)C(=O)c1ccc(C)c(S(=O)(=O)N2CCCCC2)c1. The van der Waals surface area contributed by atoms with Crippen molar-refractivity contribution < 1.29 is 22.7 Å². The van der Waals surface area contributed by atoms with Crippen LogP contribution in [-0.4, -0.2) is 57.4 Å². The molecular weight excluding hydrogens is 428 g/mol. The Morgan fingerprint density at radius 2 is 1.69 bits per heavy atom. The summed E-state index contributed by atoms with van der Waals surface area (Å²) >= 11 is 0. The lowest BCUT2D eigenvalue weighted by Crippen LogP contribution is -2.36. The van der Waals surface area contributed by atoms with Gasteiger partial charge < -0.3 is 14.4 Å². The molecule has 174 valence electrons. The summed E-state index contributed by atoms with van der Waals surface area (Å²) in [4.78, 5) is 15.2. The summed E-state index contributed by atoms with van der Waals surface area (Å²) in [5.41, 5.74) is 1.91. The smallest absolute Gasteiger partial charge is 0.254 e.